The van der Waals surface area contributed by atoms with Crippen LogP contribution in [0.1, 0.15) is 28.8 Å². The lowest BCUT2D eigenvalue weighted by molar-refractivity contribution is -0.117. The molecule has 0 bridgehead atoms. The summed E-state index contributed by atoms with van der Waals surface area (Å²) in [7, 11) is -3.97. The third-order valence-corrected chi connectivity index (χ3v) is 6.66. The van der Waals surface area contributed by atoms with Gasteiger partial charge in [0.2, 0.25) is 5.91 Å². The molecule has 3 aromatic rings. The van der Waals surface area contributed by atoms with Crippen molar-refractivity contribution in [1.29, 1.82) is 0 Å². The predicted molar refractivity (Wildman–Crippen MR) is 120 cm³/mol. The van der Waals surface area contributed by atoms with Gasteiger partial charge in [-0.15, -0.1) is 0 Å². The zero-order valence-corrected chi connectivity index (χ0v) is 18.0. The van der Waals surface area contributed by atoms with Crippen molar-refractivity contribution >= 4 is 44.7 Å². The number of sulfonamides is 1. The Hall–Kier alpha value is -3.16. The minimum Gasteiger partial charge on any atom is -0.312 e. The lowest BCUT2D eigenvalue weighted by Gasteiger charge is -2.16. The van der Waals surface area contributed by atoms with Gasteiger partial charge in [-0.05, 0) is 48.9 Å². The first-order chi connectivity index (χ1) is 14.8. The van der Waals surface area contributed by atoms with E-state index in [4.69, 9.17) is 11.6 Å². The van der Waals surface area contributed by atoms with Gasteiger partial charge in [0.25, 0.3) is 10.0 Å². The topological polar surface area (TPSA) is 83.6 Å². The molecule has 1 fully saturated rings. The first-order valence-corrected chi connectivity index (χ1v) is 11.5. The lowest BCUT2D eigenvalue weighted by atomic mass is 10.0. The van der Waals surface area contributed by atoms with Crippen LogP contribution in [0.15, 0.2) is 77.7 Å². The molecule has 1 aliphatic heterocycles. The Morgan fingerprint density at radius 1 is 0.968 bits per heavy atom. The van der Waals surface area contributed by atoms with Gasteiger partial charge in [0.05, 0.1) is 10.6 Å². The molecule has 1 amide bonds. The minimum atomic E-state index is -3.97. The fourth-order valence-electron chi connectivity index (χ4n) is 3.47. The van der Waals surface area contributed by atoms with Crippen LogP contribution >= 0.6 is 11.6 Å². The van der Waals surface area contributed by atoms with Crippen molar-refractivity contribution in [2.45, 2.75) is 17.7 Å². The number of rotatable bonds is 6. The number of hydrogen-bond acceptors (Lipinski definition) is 4. The van der Waals surface area contributed by atoms with Gasteiger partial charge in [-0.2, -0.15) is 0 Å². The van der Waals surface area contributed by atoms with Gasteiger partial charge < -0.3 is 4.90 Å². The summed E-state index contributed by atoms with van der Waals surface area (Å²) in [6, 6.07) is 19.1. The Morgan fingerprint density at radius 2 is 1.68 bits per heavy atom. The monoisotopic (exact) mass is 454 g/mol. The summed E-state index contributed by atoms with van der Waals surface area (Å²) in [6.45, 7) is 0.624. The fourth-order valence-corrected chi connectivity index (χ4v) is 4.72. The number of ketones is 1. The maximum atomic E-state index is 13.0. The Bertz CT molecular complexity index is 1240. The number of nitrogens with one attached hydrogen (secondary N) is 1. The normalized spacial score (nSPS) is 14.0. The van der Waals surface area contributed by atoms with Crippen LogP contribution < -0.4 is 9.62 Å². The number of carbonyl (C=O) groups is 2. The van der Waals surface area contributed by atoms with Crippen LogP contribution in [0.5, 0.6) is 0 Å². The molecule has 1 aliphatic rings. The highest BCUT2D eigenvalue weighted by atomic mass is 35.5. The number of anilines is 2. The molecule has 0 aromatic heterocycles. The smallest absolute Gasteiger partial charge is 0.261 e. The Labute approximate surface area is 185 Å². The first-order valence-electron chi connectivity index (χ1n) is 9.68. The highest BCUT2D eigenvalue weighted by Gasteiger charge is 2.23. The summed E-state index contributed by atoms with van der Waals surface area (Å²) in [5.74, 6) is -0.317. The Kier molecular flexibility index (Phi) is 5.80. The van der Waals surface area contributed by atoms with E-state index in [1.807, 2.05) is 0 Å². The van der Waals surface area contributed by atoms with Crippen LogP contribution in [0.4, 0.5) is 11.4 Å². The zero-order chi connectivity index (χ0) is 22.0. The molecule has 158 valence electrons. The van der Waals surface area contributed by atoms with Gasteiger partial charge in [-0.25, -0.2) is 8.42 Å². The molecule has 0 aliphatic carbocycles. The third kappa shape index (κ3) is 4.47. The SMILES string of the molecule is O=C(c1ccccc1)c1cc(Cl)ccc1NS(=O)(=O)c1ccc(N2CCCC2=O)cc1. The summed E-state index contributed by atoms with van der Waals surface area (Å²) >= 11 is 6.07. The number of benzene rings is 3. The summed E-state index contributed by atoms with van der Waals surface area (Å²) in [6.07, 6.45) is 1.28. The average Bonchev–Trinajstić information content (AvgIpc) is 3.21. The molecular weight excluding hydrogens is 436 g/mol. The van der Waals surface area contributed by atoms with Crippen LogP contribution in [0.2, 0.25) is 5.02 Å². The summed E-state index contributed by atoms with van der Waals surface area (Å²) in [5, 5.41) is 0.321. The van der Waals surface area contributed by atoms with Gasteiger partial charge in [0.15, 0.2) is 5.78 Å². The standard InChI is InChI=1S/C23H19ClN2O4S/c24-17-8-13-21(20(15-17)23(28)16-5-2-1-3-6-16)25-31(29,30)19-11-9-18(10-12-19)26-14-4-7-22(26)27/h1-3,5-6,8-13,15,25H,4,7,14H2. The van der Waals surface area contributed by atoms with Crippen LogP contribution in [0.3, 0.4) is 0 Å². The van der Waals surface area contributed by atoms with E-state index < -0.39 is 10.0 Å². The van der Waals surface area contributed by atoms with Crippen LogP contribution in [0.25, 0.3) is 0 Å². The number of carbonyl (C=O) groups excluding carboxylic acids is 2. The second-order valence-electron chi connectivity index (χ2n) is 7.13. The van der Waals surface area contributed by atoms with Crippen molar-refractivity contribution in [3.63, 3.8) is 0 Å². The van der Waals surface area contributed by atoms with E-state index in [-0.39, 0.29) is 27.8 Å². The van der Waals surface area contributed by atoms with E-state index >= 15 is 0 Å². The number of amides is 1. The van der Waals surface area contributed by atoms with Crippen molar-refractivity contribution < 1.29 is 18.0 Å². The predicted octanol–water partition coefficient (Wildman–Crippen LogP) is 4.50. The molecule has 0 radical (unpaired) electrons. The van der Waals surface area contributed by atoms with Crippen LogP contribution in [-0.4, -0.2) is 26.7 Å². The summed E-state index contributed by atoms with van der Waals surface area (Å²) in [4.78, 5) is 26.5. The molecule has 8 heteroatoms. The lowest BCUT2D eigenvalue weighted by Crippen LogP contribution is -2.23. The molecule has 0 saturated carbocycles. The number of halogens is 1. The van der Waals surface area contributed by atoms with Gasteiger partial charge in [0, 0.05) is 34.8 Å². The van der Waals surface area contributed by atoms with Crippen molar-refractivity contribution in [2.75, 3.05) is 16.2 Å². The highest BCUT2D eigenvalue weighted by Crippen LogP contribution is 2.27. The molecule has 0 atom stereocenters. The van der Waals surface area contributed by atoms with Gasteiger partial charge in [0.1, 0.15) is 0 Å². The molecule has 0 unspecified atom stereocenters. The first kappa shape index (κ1) is 21.1. The maximum Gasteiger partial charge on any atom is 0.261 e. The number of nitrogens with zero attached hydrogens (tertiary/aromatic N) is 1. The van der Waals surface area contributed by atoms with Gasteiger partial charge >= 0.3 is 0 Å². The van der Waals surface area contributed by atoms with E-state index in [0.717, 1.165) is 6.42 Å². The van der Waals surface area contributed by atoms with Crippen LogP contribution in [-0.2, 0) is 14.8 Å². The zero-order valence-electron chi connectivity index (χ0n) is 16.4. The van der Waals surface area contributed by atoms with Crippen molar-refractivity contribution in [3.05, 3.63) is 88.9 Å². The third-order valence-electron chi connectivity index (χ3n) is 5.04. The molecule has 4 rings (SSSR count). The molecule has 0 spiro atoms. The van der Waals surface area contributed by atoms with Gasteiger partial charge in [-0.1, -0.05) is 41.9 Å². The van der Waals surface area contributed by atoms with E-state index in [0.29, 0.717) is 29.2 Å². The second kappa shape index (κ2) is 8.53. The largest absolute Gasteiger partial charge is 0.312 e. The molecule has 6 nitrogen and oxygen atoms in total. The molecule has 31 heavy (non-hydrogen) atoms. The van der Waals surface area contributed by atoms with E-state index in [9.17, 15) is 18.0 Å². The molecule has 1 heterocycles. The quantitative estimate of drug-likeness (QED) is 0.556. The van der Waals surface area contributed by atoms with Gasteiger partial charge in [-0.3, -0.25) is 14.3 Å². The Morgan fingerprint density at radius 3 is 2.32 bits per heavy atom. The van der Waals surface area contributed by atoms with E-state index in [1.165, 1.54) is 30.3 Å². The second-order valence-corrected chi connectivity index (χ2v) is 9.25. The summed E-state index contributed by atoms with van der Waals surface area (Å²) < 4.78 is 28.4. The van der Waals surface area contributed by atoms with E-state index in [1.54, 1.807) is 47.4 Å². The van der Waals surface area contributed by atoms with Crippen molar-refractivity contribution in [3.8, 4) is 0 Å². The average molecular weight is 455 g/mol. The maximum absolute atomic E-state index is 13.0. The molecule has 1 N–H and O–H groups in total. The van der Waals surface area contributed by atoms with Crippen LogP contribution in [0, 0.1) is 0 Å². The number of hydrogen-bond donors (Lipinski definition) is 1. The highest BCUT2D eigenvalue weighted by molar-refractivity contribution is 7.92. The van der Waals surface area contributed by atoms with Crippen molar-refractivity contribution in [2.24, 2.45) is 0 Å². The molecule has 1 saturated heterocycles. The Balaban J connectivity index is 1.63. The minimum absolute atomic E-state index is 0.0240. The molecular formula is C23H19ClN2O4S. The van der Waals surface area contributed by atoms with Crippen molar-refractivity contribution in [1.82, 2.24) is 0 Å². The summed E-state index contributed by atoms with van der Waals surface area (Å²) in [5.41, 5.74) is 1.37. The fraction of sp³-hybridized carbons (Fsp3) is 0.130. The van der Waals surface area contributed by atoms with E-state index in [2.05, 4.69) is 4.72 Å². The molecule has 3 aromatic carbocycles.